The van der Waals surface area contributed by atoms with E-state index in [1.165, 1.54) is 69.2 Å². The minimum atomic E-state index is -1.35. The van der Waals surface area contributed by atoms with Crippen molar-refractivity contribution in [3.63, 3.8) is 0 Å². The van der Waals surface area contributed by atoms with Gasteiger partial charge in [-0.3, -0.25) is 0 Å². The Morgan fingerprint density at radius 1 is 0.821 bits per heavy atom. The summed E-state index contributed by atoms with van der Waals surface area (Å²) in [6, 6.07) is 7.01. The lowest BCUT2D eigenvalue weighted by Crippen LogP contribution is -2.22. The first-order valence-electron chi connectivity index (χ1n) is 11.5. The van der Waals surface area contributed by atoms with Gasteiger partial charge >= 0.3 is 0 Å². The minimum Gasteiger partial charge on any atom is -0.204 e. The summed E-state index contributed by atoms with van der Waals surface area (Å²) in [5, 5.41) is 0. The molecule has 1 aliphatic heterocycles. The Bertz CT molecular complexity index is 579. The van der Waals surface area contributed by atoms with Crippen LogP contribution in [0.5, 0.6) is 0 Å². The zero-order valence-corrected chi connectivity index (χ0v) is 18.4. The fourth-order valence-electron chi connectivity index (χ4n) is 5.32. The average molecular weight is 410 g/mol. The molecule has 1 aliphatic carbocycles. The summed E-state index contributed by atoms with van der Waals surface area (Å²) in [5.74, 6) is -1.56. The van der Waals surface area contributed by atoms with Crippen LogP contribution in [-0.4, -0.2) is 8.80 Å². The lowest BCUT2D eigenvalue weighted by atomic mass is 9.76. The zero-order valence-electron chi connectivity index (χ0n) is 17.4. The fourth-order valence-corrected chi connectivity index (χ4v) is 8.45. The van der Waals surface area contributed by atoms with Crippen molar-refractivity contribution < 1.29 is 13.2 Å². The second kappa shape index (κ2) is 10.8. The molecule has 1 heterocycles. The third-order valence-corrected chi connectivity index (χ3v) is 10.3. The van der Waals surface area contributed by atoms with Crippen molar-refractivity contribution in [2.45, 2.75) is 102 Å². The van der Waals surface area contributed by atoms with Crippen molar-refractivity contribution in [3.05, 3.63) is 35.1 Å². The maximum Gasteiger partial charge on any atom is 0.194 e. The van der Waals surface area contributed by atoms with Gasteiger partial charge in [-0.2, -0.15) is 0 Å². The molecular weight excluding hydrogens is 373 g/mol. The Kier molecular flexibility index (Phi) is 8.49. The molecule has 0 nitrogen and oxygen atoms in total. The van der Waals surface area contributed by atoms with Gasteiger partial charge in [0.1, 0.15) is 0 Å². The molecule has 3 rings (SSSR count). The predicted molar refractivity (Wildman–Crippen MR) is 113 cm³/mol. The van der Waals surface area contributed by atoms with Crippen LogP contribution in [0.25, 0.3) is 0 Å². The lowest BCUT2D eigenvalue weighted by Gasteiger charge is -2.32. The summed E-state index contributed by atoms with van der Waals surface area (Å²) in [6.07, 6.45) is 14.1. The van der Waals surface area contributed by atoms with E-state index in [9.17, 15) is 13.2 Å². The Labute approximate surface area is 170 Å². The minimum absolute atomic E-state index is 0.0308. The van der Waals surface area contributed by atoms with Gasteiger partial charge in [0.05, 0.1) is 0 Å². The molecule has 157 valence electrons. The van der Waals surface area contributed by atoms with E-state index in [2.05, 4.69) is 6.92 Å². The molecular formula is C24H36F3Si. The molecule has 4 heteroatoms. The maximum atomic E-state index is 13.5. The average Bonchev–Trinajstić information content (AvgIpc) is 2.71. The third kappa shape index (κ3) is 6.11. The number of hydrogen-bond acceptors (Lipinski definition) is 0. The number of benzene rings is 1. The first-order chi connectivity index (χ1) is 13.6. The normalized spacial score (nSPS) is 24.6. The molecule has 0 N–H and O–H groups in total. The van der Waals surface area contributed by atoms with Crippen LogP contribution in [0.3, 0.4) is 0 Å². The molecule has 0 unspecified atom stereocenters. The molecule has 2 fully saturated rings. The van der Waals surface area contributed by atoms with E-state index in [-0.39, 0.29) is 14.7 Å². The van der Waals surface area contributed by atoms with E-state index < -0.39 is 17.5 Å². The standard InChI is InChI=1S/C24H36F3Si/c1-2-3-4-13-28-14-11-19(12-15-28)6-5-18-7-9-20(10-8-18)21-16-22(25)24(27)23(26)17-21/h16-20H,2-15H2,1H3. The molecule has 0 amide bonds. The molecule has 1 saturated carbocycles. The van der Waals surface area contributed by atoms with E-state index in [0.717, 1.165) is 37.5 Å². The zero-order chi connectivity index (χ0) is 19.9. The molecule has 0 bridgehead atoms. The van der Waals surface area contributed by atoms with Crippen molar-refractivity contribution in [1.82, 2.24) is 0 Å². The van der Waals surface area contributed by atoms with Gasteiger partial charge in [-0.25, -0.2) is 13.2 Å². The Morgan fingerprint density at radius 2 is 1.39 bits per heavy atom. The Morgan fingerprint density at radius 3 is 1.96 bits per heavy atom. The van der Waals surface area contributed by atoms with Crippen LogP contribution in [0.2, 0.25) is 18.1 Å². The number of halogens is 3. The quantitative estimate of drug-likeness (QED) is 0.230. The highest BCUT2D eigenvalue weighted by atomic mass is 28.3. The molecule has 1 aromatic rings. The second-order valence-electron chi connectivity index (χ2n) is 9.24. The van der Waals surface area contributed by atoms with Crippen molar-refractivity contribution in [2.75, 3.05) is 0 Å². The highest BCUT2D eigenvalue weighted by Crippen LogP contribution is 2.40. The summed E-state index contributed by atoms with van der Waals surface area (Å²) in [6.45, 7) is 2.29. The third-order valence-electron chi connectivity index (χ3n) is 7.25. The van der Waals surface area contributed by atoms with Gasteiger partial charge in [0.15, 0.2) is 17.5 Å². The van der Waals surface area contributed by atoms with E-state index in [1.807, 2.05) is 0 Å². The van der Waals surface area contributed by atoms with Crippen LogP contribution in [-0.2, 0) is 0 Å². The van der Waals surface area contributed by atoms with E-state index in [1.54, 1.807) is 6.04 Å². The number of hydrogen-bond donors (Lipinski definition) is 0. The molecule has 2 aliphatic rings. The van der Waals surface area contributed by atoms with Crippen molar-refractivity contribution in [3.8, 4) is 0 Å². The van der Waals surface area contributed by atoms with Gasteiger partial charge in [-0.05, 0) is 61.1 Å². The maximum absolute atomic E-state index is 13.5. The molecule has 0 atom stereocenters. The van der Waals surface area contributed by atoms with Crippen LogP contribution >= 0.6 is 0 Å². The van der Waals surface area contributed by atoms with Gasteiger partial charge in [-0.1, -0.05) is 70.0 Å². The van der Waals surface area contributed by atoms with Crippen LogP contribution < -0.4 is 0 Å². The summed E-state index contributed by atoms with van der Waals surface area (Å²) >= 11 is 0. The molecule has 1 aromatic carbocycles. The van der Waals surface area contributed by atoms with Crippen LogP contribution in [0, 0.1) is 29.3 Å². The summed E-state index contributed by atoms with van der Waals surface area (Å²) in [4.78, 5) is 0. The molecule has 28 heavy (non-hydrogen) atoms. The Hall–Kier alpha value is -0.773. The lowest BCUT2D eigenvalue weighted by molar-refractivity contribution is 0.279. The summed E-state index contributed by atoms with van der Waals surface area (Å²) < 4.78 is 40.2. The summed E-state index contributed by atoms with van der Waals surface area (Å²) in [7, 11) is -0.0308. The van der Waals surface area contributed by atoms with Gasteiger partial charge < -0.3 is 0 Å². The Balaban J connectivity index is 1.35. The van der Waals surface area contributed by atoms with Crippen LogP contribution in [0.15, 0.2) is 12.1 Å². The van der Waals surface area contributed by atoms with Crippen LogP contribution in [0.4, 0.5) is 13.2 Å². The monoisotopic (exact) mass is 409 g/mol. The molecule has 1 radical (unpaired) electrons. The first-order valence-corrected chi connectivity index (χ1v) is 13.7. The van der Waals surface area contributed by atoms with Crippen molar-refractivity contribution in [2.24, 2.45) is 11.8 Å². The molecule has 0 spiro atoms. The van der Waals surface area contributed by atoms with Gasteiger partial charge in [-0.15, -0.1) is 0 Å². The predicted octanol–water partition coefficient (Wildman–Crippen LogP) is 8.25. The summed E-state index contributed by atoms with van der Waals surface area (Å²) in [5.41, 5.74) is 0.639. The topological polar surface area (TPSA) is 0 Å². The van der Waals surface area contributed by atoms with E-state index in [4.69, 9.17) is 0 Å². The first kappa shape index (κ1) is 21.9. The second-order valence-corrected chi connectivity index (χ2v) is 12.2. The van der Waals surface area contributed by atoms with Crippen LogP contribution in [0.1, 0.15) is 89.0 Å². The van der Waals surface area contributed by atoms with Crippen molar-refractivity contribution in [1.29, 1.82) is 0 Å². The van der Waals surface area contributed by atoms with E-state index in [0.29, 0.717) is 5.56 Å². The number of rotatable bonds is 8. The van der Waals surface area contributed by atoms with Crippen molar-refractivity contribution >= 4 is 8.80 Å². The van der Waals surface area contributed by atoms with Gasteiger partial charge in [0.25, 0.3) is 0 Å². The highest BCUT2D eigenvalue weighted by molar-refractivity contribution is 6.58. The molecule has 1 saturated heterocycles. The van der Waals surface area contributed by atoms with Gasteiger partial charge in [0, 0.05) is 8.80 Å². The highest BCUT2D eigenvalue weighted by Gasteiger charge is 2.26. The number of unbranched alkanes of at least 4 members (excludes halogenated alkanes) is 2. The largest absolute Gasteiger partial charge is 0.204 e. The fraction of sp³-hybridized carbons (Fsp3) is 0.750. The molecule has 0 aromatic heterocycles. The SMILES string of the molecule is CCCCC[Si]1CCC(CCC2CCC(c3cc(F)c(F)c(F)c3)CC2)CC1. The van der Waals surface area contributed by atoms with E-state index >= 15 is 0 Å². The van der Waals surface area contributed by atoms with Gasteiger partial charge in [0.2, 0.25) is 0 Å². The smallest absolute Gasteiger partial charge is 0.194 e.